The topological polar surface area (TPSA) is 84.0 Å². The number of aliphatic hydroxyl groups is 1. The number of fused-ring (bicyclic) bond motifs is 1. The number of piperidine rings is 1. The molecule has 1 amide bonds. The Hall–Kier alpha value is -3.59. The van der Waals surface area contributed by atoms with Gasteiger partial charge in [-0.1, -0.05) is 30.0 Å². The molecule has 3 N–H and O–H groups in total. The lowest BCUT2D eigenvalue weighted by atomic mass is 9.77. The molecule has 0 saturated carbocycles. The van der Waals surface area contributed by atoms with Gasteiger partial charge in [0.2, 0.25) is 5.91 Å². The number of likely N-dealkylation sites (tertiary alicyclic amines) is 1. The van der Waals surface area contributed by atoms with Gasteiger partial charge in [0.05, 0.1) is 41.7 Å². The summed E-state index contributed by atoms with van der Waals surface area (Å²) in [6, 6.07) is 3.37. The molecule has 3 heterocycles. The predicted octanol–water partition coefficient (Wildman–Crippen LogP) is 4.35. The summed E-state index contributed by atoms with van der Waals surface area (Å²) in [7, 11) is 5.89. The first-order chi connectivity index (χ1) is 20.9. The molecule has 2 aliphatic heterocycles. The third kappa shape index (κ3) is 7.04. The maximum absolute atomic E-state index is 15.1. The van der Waals surface area contributed by atoms with Crippen molar-refractivity contribution in [3.8, 4) is 11.8 Å². The number of hydrogen-bond donors (Lipinski definition) is 3. The highest BCUT2D eigenvalue weighted by atomic mass is 19.3. The maximum atomic E-state index is 15.1. The molecular formula is C33H43F3N6O2. The fourth-order valence-corrected chi connectivity index (χ4v) is 6.09. The van der Waals surface area contributed by atoms with Crippen LogP contribution in [0.15, 0.2) is 23.8 Å². The first kappa shape index (κ1) is 33.3. The summed E-state index contributed by atoms with van der Waals surface area (Å²) < 4.78 is 42.1. The van der Waals surface area contributed by atoms with Crippen molar-refractivity contribution in [3.63, 3.8) is 0 Å². The summed E-state index contributed by atoms with van der Waals surface area (Å²) >= 11 is 0. The van der Waals surface area contributed by atoms with E-state index in [-0.39, 0.29) is 18.1 Å². The van der Waals surface area contributed by atoms with E-state index in [1.165, 1.54) is 12.1 Å². The summed E-state index contributed by atoms with van der Waals surface area (Å²) in [5.74, 6) is 6.12. The fraction of sp³-hybridized carbons (Fsp3) is 0.515. The van der Waals surface area contributed by atoms with Crippen LogP contribution in [0.5, 0.6) is 0 Å². The van der Waals surface area contributed by atoms with Gasteiger partial charge in [-0.2, -0.15) is 0 Å². The standard InChI is InChI=1S/C33H43F3N6O2/c1-21(25-9-7-10-27(29(25)34)31(35)36)38-32-28-19-24(33(37-14-18-43)12-16-42(17-13-33)23(3)44)20-41(6)30(28)26(22(2)39-32)11-8-15-40(4)5/h7,9-10,19,21,31,37,43H,12-18,20H2,1-6H3,(H,38,39)/t21-/m1/s1. The number of carbonyl (C=O) groups is 1. The number of aliphatic hydroxyl groups excluding tert-OH is 1. The number of nitrogens with zero attached hydrogens (tertiary/aromatic N) is 4. The molecule has 0 aliphatic carbocycles. The molecule has 0 unspecified atom stereocenters. The lowest BCUT2D eigenvalue weighted by Crippen LogP contribution is -2.57. The van der Waals surface area contributed by atoms with E-state index in [4.69, 9.17) is 4.98 Å². The van der Waals surface area contributed by atoms with Gasteiger partial charge in [0.25, 0.3) is 6.43 Å². The van der Waals surface area contributed by atoms with E-state index in [1.54, 1.807) is 13.8 Å². The second-order valence-electron chi connectivity index (χ2n) is 11.9. The molecule has 4 rings (SSSR count). The van der Waals surface area contributed by atoms with Crippen molar-refractivity contribution < 1.29 is 23.1 Å². The summed E-state index contributed by atoms with van der Waals surface area (Å²) in [5.41, 5.74) is 3.21. The Morgan fingerprint density at radius 2 is 1.91 bits per heavy atom. The van der Waals surface area contributed by atoms with Crippen molar-refractivity contribution in [1.29, 1.82) is 0 Å². The lowest BCUT2D eigenvalue weighted by molar-refractivity contribution is -0.130. The van der Waals surface area contributed by atoms with E-state index < -0.39 is 29.4 Å². The number of halogens is 3. The average Bonchev–Trinajstić information content (AvgIpc) is 2.97. The van der Waals surface area contributed by atoms with Crippen LogP contribution in [0.4, 0.5) is 24.7 Å². The van der Waals surface area contributed by atoms with Crippen LogP contribution < -0.4 is 15.5 Å². The molecule has 11 heteroatoms. The third-order valence-corrected chi connectivity index (χ3v) is 8.47. The van der Waals surface area contributed by atoms with Crippen LogP contribution in [0, 0.1) is 24.6 Å². The monoisotopic (exact) mass is 612 g/mol. The number of aryl methyl sites for hydroxylation is 1. The molecule has 1 fully saturated rings. The van der Waals surface area contributed by atoms with E-state index in [0.29, 0.717) is 57.1 Å². The SMILES string of the molecule is CC(=O)N1CCC(NCCO)(C2=Cc3c(N[C@H](C)c4cccc(C(F)F)c4F)nc(C)c(C#CCN(C)C)c3N(C)C2)CC1. The molecule has 1 saturated heterocycles. The number of hydrogen-bond acceptors (Lipinski definition) is 7. The highest BCUT2D eigenvalue weighted by Gasteiger charge is 2.40. The second kappa shape index (κ2) is 14.0. The highest BCUT2D eigenvalue weighted by Crippen LogP contribution is 2.42. The Kier molecular flexibility index (Phi) is 10.6. The normalized spacial score (nSPS) is 16.8. The van der Waals surface area contributed by atoms with Crippen LogP contribution in [0.3, 0.4) is 0 Å². The van der Waals surface area contributed by atoms with Crippen molar-refractivity contribution in [1.82, 2.24) is 20.1 Å². The number of rotatable bonds is 9. The quantitative estimate of drug-likeness (QED) is 0.364. The number of pyridine rings is 1. The molecule has 8 nitrogen and oxygen atoms in total. The summed E-state index contributed by atoms with van der Waals surface area (Å²) in [6.45, 7) is 7.84. The van der Waals surface area contributed by atoms with Gasteiger partial charge in [-0.15, -0.1) is 0 Å². The minimum atomic E-state index is -2.92. The number of nitrogens with one attached hydrogen (secondary N) is 2. The molecule has 238 valence electrons. The molecular weight excluding hydrogens is 569 g/mol. The van der Waals surface area contributed by atoms with Crippen molar-refractivity contribution in [3.05, 3.63) is 57.5 Å². The molecule has 0 radical (unpaired) electrons. The molecule has 1 aromatic carbocycles. The minimum absolute atomic E-state index is 0.0300. The van der Waals surface area contributed by atoms with Gasteiger partial charge in [-0.05, 0) is 52.4 Å². The zero-order valence-electron chi connectivity index (χ0n) is 26.4. The molecule has 0 bridgehead atoms. The van der Waals surface area contributed by atoms with Crippen LogP contribution in [0.25, 0.3) is 6.08 Å². The number of carbonyl (C=O) groups excluding carboxylic acids is 1. The number of β-amino-alcohol motifs (C(OH)–C–C–N with tert-alkyl or cyclic N) is 1. The molecule has 2 aromatic rings. The Labute approximate surface area is 258 Å². The number of benzene rings is 1. The first-order valence-electron chi connectivity index (χ1n) is 14.9. The van der Waals surface area contributed by atoms with E-state index in [1.807, 2.05) is 37.9 Å². The van der Waals surface area contributed by atoms with E-state index in [9.17, 15) is 18.7 Å². The van der Waals surface area contributed by atoms with Gasteiger partial charge < -0.3 is 25.5 Å². The predicted molar refractivity (Wildman–Crippen MR) is 168 cm³/mol. The zero-order chi connectivity index (χ0) is 32.2. The number of anilines is 2. The van der Waals surface area contributed by atoms with E-state index in [2.05, 4.69) is 33.5 Å². The highest BCUT2D eigenvalue weighted by molar-refractivity contribution is 5.86. The van der Waals surface area contributed by atoms with Crippen molar-refractivity contribution >= 4 is 23.5 Å². The summed E-state index contributed by atoms with van der Waals surface area (Å²) in [4.78, 5) is 22.9. The Morgan fingerprint density at radius 1 is 1.23 bits per heavy atom. The largest absolute Gasteiger partial charge is 0.395 e. The third-order valence-electron chi connectivity index (χ3n) is 8.47. The van der Waals surface area contributed by atoms with Crippen LogP contribution in [0.1, 0.15) is 67.1 Å². The number of amides is 1. The zero-order valence-corrected chi connectivity index (χ0v) is 26.4. The molecule has 0 spiro atoms. The minimum Gasteiger partial charge on any atom is -0.395 e. The van der Waals surface area contributed by atoms with Gasteiger partial charge in [0, 0.05) is 56.8 Å². The first-order valence-corrected chi connectivity index (χ1v) is 14.9. The van der Waals surface area contributed by atoms with E-state index >= 15 is 4.39 Å². The van der Waals surface area contributed by atoms with Gasteiger partial charge in [-0.25, -0.2) is 18.2 Å². The second-order valence-corrected chi connectivity index (χ2v) is 11.9. The lowest BCUT2D eigenvalue weighted by Gasteiger charge is -2.46. The van der Waals surface area contributed by atoms with Crippen molar-refractivity contribution in [2.24, 2.45) is 0 Å². The Bertz CT molecular complexity index is 1460. The average molecular weight is 613 g/mol. The van der Waals surface area contributed by atoms with Crippen molar-refractivity contribution in [2.75, 3.05) is 70.7 Å². The summed E-state index contributed by atoms with van der Waals surface area (Å²) in [5, 5.41) is 16.6. The smallest absolute Gasteiger partial charge is 0.266 e. The summed E-state index contributed by atoms with van der Waals surface area (Å²) in [6.07, 6.45) is 0.502. The number of alkyl halides is 2. The number of likely N-dealkylation sites (N-methyl/N-ethyl adjacent to an activating group) is 1. The van der Waals surface area contributed by atoms with Crippen LogP contribution >= 0.6 is 0 Å². The van der Waals surface area contributed by atoms with Gasteiger partial charge in [0.1, 0.15) is 11.6 Å². The molecule has 1 atom stereocenters. The van der Waals surface area contributed by atoms with Crippen LogP contribution in [-0.2, 0) is 4.79 Å². The van der Waals surface area contributed by atoms with Crippen LogP contribution in [0.2, 0.25) is 0 Å². The van der Waals surface area contributed by atoms with Crippen LogP contribution in [-0.4, -0.2) is 91.8 Å². The molecule has 44 heavy (non-hydrogen) atoms. The maximum Gasteiger partial charge on any atom is 0.266 e. The van der Waals surface area contributed by atoms with Gasteiger partial charge >= 0.3 is 0 Å². The van der Waals surface area contributed by atoms with Gasteiger partial charge in [0.15, 0.2) is 0 Å². The molecule has 2 aliphatic rings. The fourth-order valence-electron chi connectivity index (χ4n) is 6.09. The molecule has 1 aromatic heterocycles. The van der Waals surface area contributed by atoms with Gasteiger partial charge in [-0.3, -0.25) is 9.69 Å². The van der Waals surface area contributed by atoms with E-state index in [0.717, 1.165) is 28.5 Å². The Balaban J connectivity index is 1.85. The number of aromatic nitrogens is 1. The Morgan fingerprint density at radius 3 is 2.52 bits per heavy atom. The van der Waals surface area contributed by atoms with Crippen molar-refractivity contribution in [2.45, 2.75) is 51.6 Å².